The minimum absolute atomic E-state index is 0. The smallest absolute Gasteiger partial charge is 0.226 e. The molecule has 2 saturated heterocycles. The van der Waals surface area contributed by atoms with E-state index in [1.54, 1.807) is 18.0 Å². The standard InChI is InChI=1S/C17H22FN3O2.ClH/c1-20-7-5-13(10-16(20)22)17(23)21-8-6-19-11-15(21)12-3-2-4-14(18)9-12;/h2-4,9,13,15,19H,5-8,10-11H2,1H3;1H. The van der Waals surface area contributed by atoms with Gasteiger partial charge in [-0.05, 0) is 24.1 Å². The van der Waals surface area contributed by atoms with E-state index in [9.17, 15) is 14.0 Å². The van der Waals surface area contributed by atoms with E-state index in [2.05, 4.69) is 5.32 Å². The first-order valence-corrected chi connectivity index (χ1v) is 8.07. The molecule has 1 aromatic carbocycles. The Hall–Kier alpha value is -1.66. The third kappa shape index (κ3) is 3.87. The van der Waals surface area contributed by atoms with E-state index in [1.165, 1.54) is 12.1 Å². The van der Waals surface area contributed by atoms with Gasteiger partial charge in [0.05, 0.1) is 6.04 Å². The van der Waals surface area contributed by atoms with Crippen molar-refractivity contribution in [2.24, 2.45) is 5.92 Å². The predicted molar refractivity (Wildman–Crippen MR) is 91.3 cm³/mol. The summed E-state index contributed by atoms with van der Waals surface area (Å²) in [5.41, 5.74) is 0.796. The highest BCUT2D eigenvalue weighted by atomic mass is 35.5. The maximum absolute atomic E-state index is 13.5. The quantitative estimate of drug-likeness (QED) is 0.876. The van der Waals surface area contributed by atoms with Crippen molar-refractivity contribution in [1.82, 2.24) is 15.1 Å². The lowest BCUT2D eigenvalue weighted by Crippen LogP contribution is -2.52. The summed E-state index contributed by atoms with van der Waals surface area (Å²) in [5, 5.41) is 3.26. The first-order valence-electron chi connectivity index (χ1n) is 8.07. The van der Waals surface area contributed by atoms with Gasteiger partial charge in [-0.2, -0.15) is 0 Å². The molecule has 0 radical (unpaired) electrons. The van der Waals surface area contributed by atoms with Crippen LogP contribution in [0.4, 0.5) is 4.39 Å². The molecule has 2 aliphatic rings. The van der Waals surface area contributed by atoms with Crippen LogP contribution in [0.5, 0.6) is 0 Å². The lowest BCUT2D eigenvalue weighted by atomic mass is 9.93. The van der Waals surface area contributed by atoms with Gasteiger partial charge in [0.2, 0.25) is 11.8 Å². The van der Waals surface area contributed by atoms with E-state index in [4.69, 9.17) is 0 Å². The summed E-state index contributed by atoms with van der Waals surface area (Å²) in [4.78, 5) is 28.3. The maximum Gasteiger partial charge on any atom is 0.226 e. The molecule has 0 saturated carbocycles. The molecule has 2 atom stereocenters. The molecule has 0 aromatic heterocycles. The minimum atomic E-state index is -0.296. The average molecular weight is 356 g/mol. The molecule has 132 valence electrons. The van der Waals surface area contributed by atoms with Crippen LogP contribution in [0, 0.1) is 11.7 Å². The van der Waals surface area contributed by atoms with Gasteiger partial charge in [0.25, 0.3) is 0 Å². The molecule has 2 heterocycles. The van der Waals surface area contributed by atoms with Crippen LogP contribution in [0.3, 0.4) is 0 Å². The second-order valence-electron chi connectivity index (χ2n) is 6.31. The van der Waals surface area contributed by atoms with E-state index in [-0.39, 0.29) is 48.4 Å². The molecule has 1 aromatic rings. The molecule has 3 rings (SSSR count). The second-order valence-corrected chi connectivity index (χ2v) is 6.31. The van der Waals surface area contributed by atoms with Gasteiger partial charge in [-0.3, -0.25) is 9.59 Å². The van der Waals surface area contributed by atoms with Crippen molar-refractivity contribution >= 4 is 24.2 Å². The molecule has 24 heavy (non-hydrogen) atoms. The summed E-state index contributed by atoms with van der Waals surface area (Å²) >= 11 is 0. The molecule has 0 aliphatic carbocycles. The summed E-state index contributed by atoms with van der Waals surface area (Å²) in [6, 6.07) is 6.22. The molecule has 2 unspecified atom stereocenters. The molecule has 5 nitrogen and oxygen atoms in total. The Bertz CT molecular complexity index is 613. The lowest BCUT2D eigenvalue weighted by molar-refractivity contribution is -0.146. The van der Waals surface area contributed by atoms with Crippen LogP contribution < -0.4 is 5.32 Å². The number of rotatable bonds is 2. The number of halogens is 2. The molecule has 0 spiro atoms. The largest absolute Gasteiger partial charge is 0.346 e. The second kappa shape index (κ2) is 7.94. The zero-order valence-electron chi connectivity index (χ0n) is 13.7. The van der Waals surface area contributed by atoms with Gasteiger partial charge >= 0.3 is 0 Å². The summed E-state index contributed by atoms with van der Waals surface area (Å²) in [6.45, 7) is 2.53. The zero-order chi connectivity index (χ0) is 16.4. The fraction of sp³-hybridized carbons (Fsp3) is 0.529. The lowest BCUT2D eigenvalue weighted by Gasteiger charge is -2.40. The Morgan fingerprint density at radius 2 is 2.12 bits per heavy atom. The van der Waals surface area contributed by atoms with Crippen LogP contribution in [0.2, 0.25) is 0 Å². The number of hydrogen-bond donors (Lipinski definition) is 1. The molecule has 0 bridgehead atoms. The third-order valence-electron chi connectivity index (χ3n) is 4.77. The van der Waals surface area contributed by atoms with E-state index in [0.717, 1.165) is 12.1 Å². The third-order valence-corrected chi connectivity index (χ3v) is 4.77. The average Bonchev–Trinajstić information content (AvgIpc) is 2.57. The van der Waals surface area contributed by atoms with E-state index in [0.29, 0.717) is 26.1 Å². The molecular formula is C17H23ClFN3O2. The monoisotopic (exact) mass is 355 g/mol. The fourth-order valence-electron chi connectivity index (χ4n) is 3.37. The summed E-state index contributed by atoms with van der Waals surface area (Å²) in [7, 11) is 1.77. The van der Waals surface area contributed by atoms with Crippen LogP contribution in [-0.2, 0) is 9.59 Å². The Morgan fingerprint density at radius 1 is 1.33 bits per heavy atom. The molecule has 1 N–H and O–H groups in total. The Labute approximate surface area is 147 Å². The topological polar surface area (TPSA) is 52.7 Å². The Morgan fingerprint density at radius 3 is 2.83 bits per heavy atom. The fourth-order valence-corrected chi connectivity index (χ4v) is 3.37. The van der Waals surface area contributed by atoms with E-state index >= 15 is 0 Å². The van der Waals surface area contributed by atoms with Gasteiger partial charge in [0.15, 0.2) is 0 Å². The number of benzene rings is 1. The minimum Gasteiger partial charge on any atom is -0.346 e. The zero-order valence-corrected chi connectivity index (χ0v) is 14.5. The number of carbonyl (C=O) groups is 2. The van der Waals surface area contributed by atoms with Crippen molar-refractivity contribution in [3.8, 4) is 0 Å². The van der Waals surface area contributed by atoms with Gasteiger partial charge in [-0.1, -0.05) is 12.1 Å². The summed E-state index contributed by atoms with van der Waals surface area (Å²) in [5.74, 6) is -0.517. The highest BCUT2D eigenvalue weighted by Crippen LogP contribution is 2.28. The molecule has 2 aliphatic heterocycles. The molecular weight excluding hydrogens is 333 g/mol. The number of nitrogens with one attached hydrogen (secondary N) is 1. The SMILES string of the molecule is CN1CCC(C(=O)N2CCNCC2c2cccc(F)c2)CC1=O.Cl. The highest BCUT2D eigenvalue weighted by Gasteiger charge is 2.35. The van der Waals surface area contributed by atoms with Crippen LogP contribution >= 0.6 is 12.4 Å². The molecule has 7 heteroatoms. The first kappa shape index (κ1) is 18.7. The van der Waals surface area contributed by atoms with Crippen LogP contribution in [0.25, 0.3) is 0 Å². The Balaban J connectivity index is 0.00000208. The number of nitrogens with zero attached hydrogens (tertiary/aromatic N) is 2. The van der Waals surface area contributed by atoms with Crippen molar-refractivity contribution in [1.29, 1.82) is 0 Å². The summed E-state index contributed by atoms with van der Waals surface area (Å²) < 4.78 is 13.5. The normalized spacial score (nSPS) is 24.5. The van der Waals surface area contributed by atoms with Gasteiger partial charge < -0.3 is 15.1 Å². The van der Waals surface area contributed by atoms with Gasteiger partial charge in [-0.25, -0.2) is 4.39 Å². The van der Waals surface area contributed by atoms with Gasteiger partial charge in [0.1, 0.15) is 5.82 Å². The number of piperazine rings is 1. The highest BCUT2D eigenvalue weighted by molar-refractivity contribution is 5.87. The first-order chi connectivity index (χ1) is 11.1. The maximum atomic E-state index is 13.5. The van der Waals surface area contributed by atoms with Crippen molar-refractivity contribution in [2.75, 3.05) is 33.2 Å². The van der Waals surface area contributed by atoms with Crippen LogP contribution in [-0.4, -0.2) is 54.8 Å². The predicted octanol–water partition coefficient (Wildman–Crippen LogP) is 1.59. The number of likely N-dealkylation sites (tertiary alicyclic amines) is 1. The molecule has 2 fully saturated rings. The number of piperidine rings is 1. The number of hydrogen-bond acceptors (Lipinski definition) is 3. The number of carbonyl (C=O) groups excluding carboxylic acids is 2. The van der Waals surface area contributed by atoms with Crippen LogP contribution in [0.15, 0.2) is 24.3 Å². The Kier molecular flexibility index (Phi) is 6.18. The van der Waals surface area contributed by atoms with Crippen molar-refractivity contribution in [2.45, 2.75) is 18.9 Å². The molecule has 2 amide bonds. The van der Waals surface area contributed by atoms with Crippen LogP contribution in [0.1, 0.15) is 24.4 Å². The van der Waals surface area contributed by atoms with Crippen molar-refractivity contribution in [3.63, 3.8) is 0 Å². The summed E-state index contributed by atoms with van der Waals surface area (Å²) in [6.07, 6.45) is 0.968. The van der Waals surface area contributed by atoms with E-state index < -0.39 is 0 Å². The van der Waals surface area contributed by atoms with E-state index in [1.807, 2.05) is 11.0 Å². The number of amides is 2. The van der Waals surface area contributed by atoms with Crippen molar-refractivity contribution < 1.29 is 14.0 Å². The van der Waals surface area contributed by atoms with Crippen molar-refractivity contribution in [3.05, 3.63) is 35.6 Å². The van der Waals surface area contributed by atoms with Gasteiger partial charge in [0, 0.05) is 45.6 Å². The van der Waals surface area contributed by atoms with Gasteiger partial charge in [-0.15, -0.1) is 12.4 Å².